The lowest BCUT2D eigenvalue weighted by Gasteiger charge is -2.39. The lowest BCUT2D eigenvalue weighted by atomic mass is 9.93. The number of thioether (sulfide) groups is 4. The van der Waals surface area contributed by atoms with Crippen molar-refractivity contribution in [1.82, 2.24) is 0 Å². The molecule has 0 bridgehead atoms. The predicted octanol–water partition coefficient (Wildman–Crippen LogP) is 25.2. The number of ether oxygens (including phenoxy) is 2. The Labute approximate surface area is 588 Å². The molecular weight excluding hydrogens is 1760 g/mol. The number of benzene rings is 2. The number of halogens is 52. The molecule has 0 radical (unpaired) electrons. The highest BCUT2D eigenvalue weighted by molar-refractivity contribution is 7.99. The Hall–Kier alpha value is -4.20. The van der Waals surface area contributed by atoms with Crippen LogP contribution in [0.2, 0.25) is 0 Å². The van der Waals surface area contributed by atoms with E-state index in [2.05, 4.69) is 0 Å². The Balaban J connectivity index is 2.93. The molecule has 0 aliphatic heterocycles. The van der Waals surface area contributed by atoms with Crippen LogP contribution in [-0.4, -0.2) is 173 Å². The van der Waals surface area contributed by atoms with Gasteiger partial charge in [0.1, 0.15) is 11.5 Å². The minimum absolute atomic E-state index is 0.436. The summed E-state index contributed by atoms with van der Waals surface area (Å²) in [7, 11) is 0. The standard InChI is InChI=1S/C51H36F52O2S4/c1-20-11-22(15-106-7-3-28(52,53)32(60,61)36(68,69)40(76,77)44(84,85)48(92,93)94)26(23(12-20)16-107-8-4-29(54,55)33(62,63)37(70,71)41(78,79)45(86,87)49(95,96)97)104-19-105-27-24(17-108-9-5-30(56,57)34(64,65)38(72,73)42(80,81)46(88,89)50(98,99)100)13-21(2)14-25(27)18-109-10-6-31(58,59)35(66,67)39(74,75)43(82,83)47(90,91)51(101,102)103/h11-14H,3-10,15-19H2,1-2H3. The summed E-state index contributed by atoms with van der Waals surface area (Å²) < 4.78 is 729. The van der Waals surface area contributed by atoms with Gasteiger partial charge in [-0.15, -0.1) is 0 Å². The first kappa shape index (κ1) is 101. The van der Waals surface area contributed by atoms with E-state index in [1.165, 1.54) is 0 Å². The summed E-state index contributed by atoms with van der Waals surface area (Å²) in [5, 5.41) is 0. The second kappa shape index (κ2) is 31.4. The zero-order valence-corrected chi connectivity index (χ0v) is 54.9. The summed E-state index contributed by atoms with van der Waals surface area (Å²) in [6.07, 6.45) is -43.8. The van der Waals surface area contributed by atoms with Crippen molar-refractivity contribution in [3.05, 3.63) is 57.6 Å². The molecule has 2 aromatic carbocycles. The van der Waals surface area contributed by atoms with Crippen LogP contribution in [0.15, 0.2) is 24.3 Å². The van der Waals surface area contributed by atoms with Gasteiger partial charge in [0.15, 0.2) is 0 Å². The number of aryl methyl sites for hydroxylation is 2. The fourth-order valence-corrected chi connectivity index (χ4v) is 12.1. The maximum absolute atomic E-state index is 14.8. The van der Waals surface area contributed by atoms with Crippen molar-refractivity contribution in [2.24, 2.45) is 0 Å². The molecule has 58 heteroatoms. The molecule has 0 aromatic heterocycles. The number of rotatable bonds is 40. The van der Waals surface area contributed by atoms with Crippen molar-refractivity contribution in [2.45, 2.75) is 206 Å². The fourth-order valence-electron chi connectivity index (χ4n) is 8.17. The van der Waals surface area contributed by atoms with Crippen LogP contribution in [0.1, 0.15) is 59.1 Å². The van der Waals surface area contributed by atoms with Crippen molar-refractivity contribution in [3.8, 4) is 11.5 Å². The molecule has 0 spiro atoms. The molecular formula is C51H36F52O2S4. The summed E-state index contributed by atoms with van der Waals surface area (Å²) >= 11 is -1.75. The third kappa shape index (κ3) is 17.8. The summed E-state index contributed by atoms with van der Waals surface area (Å²) in [6, 6.07) is 2.38. The number of alkyl halides is 52. The molecule has 0 unspecified atom stereocenters. The van der Waals surface area contributed by atoms with Gasteiger partial charge < -0.3 is 9.47 Å². The van der Waals surface area contributed by atoms with E-state index in [1.807, 2.05) is 0 Å². The van der Waals surface area contributed by atoms with Gasteiger partial charge >= 0.3 is 143 Å². The Morgan fingerprint density at radius 3 is 0.486 bits per heavy atom. The monoisotopic (exact) mass is 1800 g/mol. The van der Waals surface area contributed by atoms with Crippen molar-refractivity contribution in [3.63, 3.8) is 0 Å². The molecule has 0 N–H and O–H groups in total. The second-order valence-electron chi connectivity index (χ2n) is 22.4. The molecule has 0 atom stereocenters. The molecule has 2 nitrogen and oxygen atoms in total. The van der Waals surface area contributed by atoms with Crippen LogP contribution in [0, 0.1) is 13.8 Å². The molecule has 0 amide bonds. The molecule has 0 aliphatic rings. The van der Waals surface area contributed by atoms with Gasteiger partial charge in [-0.1, -0.05) is 35.4 Å². The van der Waals surface area contributed by atoms with Gasteiger partial charge in [-0.25, -0.2) is 0 Å². The molecule has 2 rings (SSSR count). The highest BCUT2D eigenvalue weighted by Gasteiger charge is 2.95. The van der Waals surface area contributed by atoms with Crippen LogP contribution in [0.3, 0.4) is 0 Å². The lowest BCUT2D eigenvalue weighted by Crippen LogP contribution is -2.70. The Morgan fingerprint density at radius 2 is 0.349 bits per heavy atom. The van der Waals surface area contributed by atoms with Crippen LogP contribution in [0.4, 0.5) is 228 Å². The molecule has 0 heterocycles. The van der Waals surface area contributed by atoms with Crippen LogP contribution in [-0.2, 0) is 23.0 Å². The van der Waals surface area contributed by atoms with E-state index >= 15 is 0 Å². The smallest absolute Gasteiger partial charge is 0.457 e. The minimum Gasteiger partial charge on any atom is -0.457 e. The zero-order chi connectivity index (χ0) is 86.9. The largest absolute Gasteiger partial charge is 0.460 e. The summed E-state index contributed by atoms with van der Waals surface area (Å²) in [5.41, 5.74) is -4.52. The van der Waals surface area contributed by atoms with E-state index in [0.717, 1.165) is 13.8 Å². The van der Waals surface area contributed by atoms with E-state index in [4.69, 9.17) is 9.47 Å². The van der Waals surface area contributed by atoms with Gasteiger partial charge in [-0.05, 0) is 36.9 Å². The maximum atomic E-state index is 14.8. The first-order chi connectivity index (χ1) is 47.6. The molecule has 109 heavy (non-hydrogen) atoms. The fraction of sp³-hybridized carbons (Fsp3) is 0.765. The van der Waals surface area contributed by atoms with Gasteiger partial charge in [0.05, 0.1) is 0 Å². The third-order valence-electron chi connectivity index (χ3n) is 14.4. The van der Waals surface area contributed by atoms with Gasteiger partial charge in [-0.2, -0.15) is 275 Å². The lowest BCUT2D eigenvalue weighted by molar-refractivity contribution is -0.439. The van der Waals surface area contributed by atoms with Crippen molar-refractivity contribution < 1.29 is 238 Å². The molecule has 0 saturated heterocycles. The number of hydrogen-bond acceptors (Lipinski definition) is 6. The quantitative estimate of drug-likeness (QED) is 0.0373. The van der Waals surface area contributed by atoms with Crippen LogP contribution in [0.25, 0.3) is 0 Å². The predicted molar refractivity (Wildman–Crippen MR) is 275 cm³/mol. The van der Waals surface area contributed by atoms with E-state index in [0.29, 0.717) is 24.3 Å². The summed E-state index contributed by atoms with van der Waals surface area (Å²) in [6.45, 7) is -0.271. The first-order valence-electron chi connectivity index (χ1n) is 27.3. The van der Waals surface area contributed by atoms with Crippen LogP contribution < -0.4 is 9.47 Å². The Morgan fingerprint density at radius 1 is 0.211 bits per heavy atom. The molecule has 640 valence electrons. The summed E-state index contributed by atoms with van der Waals surface area (Å²) in [4.78, 5) is 0. The van der Waals surface area contributed by atoms with E-state index in [1.54, 1.807) is 0 Å². The van der Waals surface area contributed by atoms with Gasteiger partial charge in [0, 0.05) is 70.9 Å². The normalized spacial score (nSPS) is 15.7. The second-order valence-corrected chi connectivity index (χ2v) is 26.9. The Bertz CT molecular complexity index is 2960. The molecule has 0 fully saturated rings. The average Bonchev–Trinajstić information content (AvgIpc) is 0.729. The minimum atomic E-state index is -8.46. The zero-order valence-electron chi connectivity index (χ0n) is 51.6. The van der Waals surface area contributed by atoms with E-state index in [-0.39, 0.29) is 0 Å². The third-order valence-corrected chi connectivity index (χ3v) is 18.5. The van der Waals surface area contributed by atoms with Crippen LogP contribution in [0.5, 0.6) is 11.5 Å². The van der Waals surface area contributed by atoms with E-state index in [9.17, 15) is 228 Å². The topological polar surface area (TPSA) is 18.5 Å². The molecule has 0 saturated carbocycles. The van der Waals surface area contributed by atoms with Gasteiger partial charge in [0.25, 0.3) is 0 Å². The number of hydrogen-bond donors (Lipinski definition) is 0. The molecule has 0 aliphatic carbocycles. The van der Waals surface area contributed by atoms with Gasteiger partial charge in [-0.3, -0.25) is 0 Å². The highest BCUT2D eigenvalue weighted by Crippen LogP contribution is 2.66. The van der Waals surface area contributed by atoms with Crippen molar-refractivity contribution in [1.29, 1.82) is 0 Å². The van der Waals surface area contributed by atoms with Crippen molar-refractivity contribution in [2.75, 3.05) is 29.8 Å². The van der Waals surface area contributed by atoms with Gasteiger partial charge in [0.2, 0.25) is 6.79 Å². The first-order valence-corrected chi connectivity index (χ1v) is 31.9. The molecule has 2 aromatic rings. The average molecular weight is 1800 g/mol. The van der Waals surface area contributed by atoms with E-state index < -0.39 is 314 Å². The highest BCUT2D eigenvalue weighted by atomic mass is 32.2. The Kier molecular flexibility index (Phi) is 29.1. The maximum Gasteiger partial charge on any atom is 0.460 e. The van der Waals surface area contributed by atoms with Crippen molar-refractivity contribution >= 4 is 47.0 Å². The summed E-state index contributed by atoms with van der Waals surface area (Å²) in [5.74, 6) is -176. The SMILES string of the molecule is Cc1cc(CSCCC(F)(F)C(F)(F)C(F)(F)C(F)(F)C(F)(F)C(F)(F)F)c(OCOc2c(CSCCC(F)(F)C(F)(F)C(F)(F)C(F)(F)C(F)(F)C(F)(F)F)cc(C)cc2CSCCC(F)(F)C(F)(F)C(F)(F)C(F)(F)C(F)(F)C(F)(F)F)c(CSCCC(F)(F)C(F)(F)C(F)(F)C(F)(F)C(F)(F)C(F)(F)F)c1. The van der Waals surface area contributed by atoms with Crippen LogP contribution >= 0.6 is 47.0 Å².